The normalized spacial score (nSPS) is 20.1. The second-order valence-electron chi connectivity index (χ2n) is 5.78. The molecule has 1 aliphatic heterocycles. The number of hydrogen-bond acceptors (Lipinski definition) is 3. The Bertz CT molecular complexity index is 561. The molecule has 1 aromatic carbocycles. The molecule has 1 atom stereocenters. The summed E-state index contributed by atoms with van der Waals surface area (Å²) in [5.74, 6) is 1.54. The second-order valence-corrected chi connectivity index (χ2v) is 5.78. The molecule has 2 N–H and O–H groups in total. The number of piperidine rings is 1. The molecular weight excluding hydrogens is 248 g/mol. The van der Waals surface area contributed by atoms with E-state index < -0.39 is 0 Å². The van der Waals surface area contributed by atoms with Gasteiger partial charge in [-0.25, -0.2) is 4.68 Å². The molecule has 1 fully saturated rings. The number of aromatic nitrogens is 2. The van der Waals surface area contributed by atoms with Crippen LogP contribution in [0.2, 0.25) is 0 Å². The fourth-order valence-electron chi connectivity index (χ4n) is 2.96. The number of nitrogens with zero attached hydrogens (tertiary/aromatic N) is 3. The standard InChI is InChI=1S/C16H22N4/c1-13-6-5-9-19(11-13)12-14-10-18-20(16(14)17)15-7-3-2-4-8-15/h2-4,7-8,10,13H,5-6,9,11-12,17H2,1H3. The van der Waals surface area contributed by atoms with Crippen LogP contribution in [0.25, 0.3) is 5.69 Å². The Hall–Kier alpha value is -1.81. The Labute approximate surface area is 120 Å². The molecule has 4 heteroatoms. The highest BCUT2D eigenvalue weighted by Crippen LogP contribution is 2.22. The van der Waals surface area contributed by atoms with E-state index in [9.17, 15) is 0 Å². The van der Waals surface area contributed by atoms with E-state index in [2.05, 4.69) is 16.9 Å². The summed E-state index contributed by atoms with van der Waals surface area (Å²) in [4.78, 5) is 2.48. The van der Waals surface area contributed by atoms with Crippen LogP contribution in [0.1, 0.15) is 25.3 Å². The molecule has 1 saturated heterocycles. The van der Waals surface area contributed by atoms with E-state index in [-0.39, 0.29) is 0 Å². The molecule has 2 aromatic rings. The number of para-hydroxylation sites is 1. The molecule has 4 nitrogen and oxygen atoms in total. The van der Waals surface area contributed by atoms with Crippen molar-refractivity contribution in [2.75, 3.05) is 18.8 Å². The van der Waals surface area contributed by atoms with Crippen molar-refractivity contribution in [3.63, 3.8) is 0 Å². The summed E-state index contributed by atoms with van der Waals surface area (Å²) in [5.41, 5.74) is 8.41. The van der Waals surface area contributed by atoms with E-state index in [1.165, 1.54) is 19.4 Å². The van der Waals surface area contributed by atoms with Crippen LogP contribution in [0.3, 0.4) is 0 Å². The Balaban J connectivity index is 1.77. The highest BCUT2D eigenvalue weighted by Gasteiger charge is 2.18. The Kier molecular flexibility index (Phi) is 3.74. The van der Waals surface area contributed by atoms with Crippen molar-refractivity contribution in [2.24, 2.45) is 5.92 Å². The van der Waals surface area contributed by atoms with Crippen LogP contribution in [0.4, 0.5) is 5.82 Å². The van der Waals surface area contributed by atoms with Crippen LogP contribution in [0, 0.1) is 5.92 Å². The lowest BCUT2D eigenvalue weighted by Gasteiger charge is -2.30. The predicted molar refractivity (Wildman–Crippen MR) is 81.7 cm³/mol. The Morgan fingerprint density at radius 1 is 1.30 bits per heavy atom. The van der Waals surface area contributed by atoms with Gasteiger partial charge in [0.1, 0.15) is 5.82 Å². The molecule has 0 bridgehead atoms. The fourth-order valence-corrected chi connectivity index (χ4v) is 2.96. The van der Waals surface area contributed by atoms with Gasteiger partial charge < -0.3 is 5.73 Å². The molecule has 0 radical (unpaired) electrons. The lowest BCUT2D eigenvalue weighted by molar-refractivity contribution is 0.177. The summed E-state index contributed by atoms with van der Waals surface area (Å²) in [7, 11) is 0. The summed E-state index contributed by atoms with van der Waals surface area (Å²) >= 11 is 0. The minimum absolute atomic E-state index is 0.759. The molecular formula is C16H22N4. The van der Waals surface area contributed by atoms with Crippen molar-refractivity contribution < 1.29 is 0 Å². The SMILES string of the molecule is CC1CCCN(Cc2cnn(-c3ccccc3)c2N)C1. The monoisotopic (exact) mass is 270 g/mol. The van der Waals surface area contributed by atoms with E-state index in [1.54, 1.807) is 0 Å². The number of rotatable bonds is 3. The van der Waals surface area contributed by atoms with E-state index in [1.807, 2.05) is 41.2 Å². The summed E-state index contributed by atoms with van der Waals surface area (Å²) < 4.78 is 1.82. The molecule has 3 rings (SSSR count). The molecule has 0 amide bonds. The molecule has 1 unspecified atom stereocenters. The van der Waals surface area contributed by atoms with Gasteiger partial charge in [0.05, 0.1) is 11.9 Å². The quantitative estimate of drug-likeness (QED) is 0.932. The van der Waals surface area contributed by atoms with Crippen molar-refractivity contribution in [2.45, 2.75) is 26.3 Å². The van der Waals surface area contributed by atoms with Gasteiger partial charge >= 0.3 is 0 Å². The van der Waals surface area contributed by atoms with Crippen molar-refractivity contribution in [1.29, 1.82) is 0 Å². The Morgan fingerprint density at radius 2 is 2.10 bits per heavy atom. The summed E-state index contributed by atoms with van der Waals surface area (Å²) in [6.07, 6.45) is 4.53. The van der Waals surface area contributed by atoms with Gasteiger partial charge in [-0.05, 0) is 37.4 Å². The largest absolute Gasteiger partial charge is 0.383 e. The zero-order chi connectivity index (χ0) is 13.9. The molecule has 0 saturated carbocycles. The first-order chi connectivity index (χ1) is 9.74. The van der Waals surface area contributed by atoms with E-state index in [0.717, 1.165) is 36.1 Å². The van der Waals surface area contributed by atoms with Crippen molar-refractivity contribution >= 4 is 5.82 Å². The fraction of sp³-hybridized carbons (Fsp3) is 0.438. The van der Waals surface area contributed by atoms with Crippen molar-refractivity contribution in [3.05, 3.63) is 42.1 Å². The zero-order valence-corrected chi connectivity index (χ0v) is 12.0. The van der Waals surface area contributed by atoms with Crippen molar-refractivity contribution in [3.8, 4) is 5.69 Å². The third kappa shape index (κ3) is 2.70. The molecule has 0 aliphatic carbocycles. The average molecular weight is 270 g/mol. The van der Waals surface area contributed by atoms with Crippen LogP contribution in [-0.2, 0) is 6.54 Å². The highest BCUT2D eigenvalue weighted by molar-refractivity contribution is 5.46. The van der Waals surface area contributed by atoms with Crippen molar-refractivity contribution in [1.82, 2.24) is 14.7 Å². The smallest absolute Gasteiger partial charge is 0.131 e. The van der Waals surface area contributed by atoms with E-state index >= 15 is 0 Å². The van der Waals surface area contributed by atoms with Gasteiger partial charge in [-0.2, -0.15) is 5.10 Å². The number of nitrogen functional groups attached to an aromatic ring is 1. The third-order valence-electron chi connectivity index (χ3n) is 4.02. The second kappa shape index (κ2) is 5.67. The maximum absolute atomic E-state index is 6.26. The first kappa shape index (κ1) is 13.2. The highest BCUT2D eigenvalue weighted by atomic mass is 15.3. The summed E-state index contributed by atoms with van der Waals surface area (Å²) in [5, 5.41) is 4.44. The average Bonchev–Trinajstić information content (AvgIpc) is 2.81. The van der Waals surface area contributed by atoms with Gasteiger partial charge in [0.2, 0.25) is 0 Å². The molecule has 1 aromatic heterocycles. The van der Waals surface area contributed by atoms with Crippen LogP contribution in [0.5, 0.6) is 0 Å². The molecule has 1 aliphatic rings. The molecule has 2 heterocycles. The van der Waals surface area contributed by atoms with Gasteiger partial charge in [-0.15, -0.1) is 0 Å². The predicted octanol–water partition coefficient (Wildman–Crippen LogP) is 2.69. The number of hydrogen-bond donors (Lipinski definition) is 1. The van der Waals surface area contributed by atoms with Gasteiger partial charge in [-0.3, -0.25) is 4.90 Å². The van der Waals surface area contributed by atoms with Crippen LogP contribution < -0.4 is 5.73 Å². The minimum atomic E-state index is 0.759. The number of anilines is 1. The maximum atomic E-state index is 6.26. The first-order valence-electron chi connectivity index (χ1n) is 7.34. The van der Waals surface area contributed by atoms with Crippen LogP contribution in [0.15, 0.2) is 36.5 Å². The molecule has 0 spiro atoms. The van der Waals surface area contributed by atoms with Gasteiger partial charge in [0.25, 0.3) is 0 Å². The number of nitrogens with two attached hydrogens (primary N) is 1. The number of likely N-dealkylation sites (tertiary alicyclic amines) is 1. The number of benzene rings is 1. The summed E-state index contributed by atoms with van der Waals surface area (Å²) in [6.45, 7) is 5.56. The lowest BCUT2D eigenvalue weighted by Crippen LogP contribution is -2.33. The summed E-state index contributed by atoms with van der Waals surface area (Å²) in [6, 6.07) is 10.1. The Morgan fingerprint density at radius 3 is 2.85 bits per heavy atom. The third-order valence-corrected chi connectivity index (χ3v) is 4.02. The maximum Gasteiger partial charge on any atom is 0.131 e. The lowest BCUT2D eigenvalue weighted by atomic mass is 10.00. The van der Waals surface area contributed by atoms with Gasteiger partial charge in [0.15, 0.2) is 0 Å². The van der Waals surface area contributed by atoms with Crippen LogP contribution >= 0.6 is 0 Å². The van der Waals surface area contributed by atoms with Crippen LogP contribution in [-0.4, -0.2) is 27.8 Å². The van der Waals surface area contributed by atoms with E-state index in [4.69, 9.17) is 5.73 Å². The first-order valence-corrected chi connectivity index (χ1v) is 7.34. The van der Waals surface area contributed by atoms with Gasteiger partial charge in [-0.1, -0.05) is 25.1 Å². The minimum Gasteiger partial charge on any atom is -0.383 e. The topological polar surface area (TPSA) is 47.1 Å². The van der Waals surface area contributed by atoms with E-state index in [0.29, 0.717) is 0 Å². The molecule has 106 valence electrons. The zero-order valence-electron chi connectivity index (χ0n) is 12.0. The molecule has 20 heavy (non-hydrogen) atoms. The van der Waals surface area contributed by atoms with Gasteiger partial charge in [0, 0.05) is 18.7 Å².